The van der Waals surface area contributed by atoms with E-state index in [1.165, 1.54) is 20.8 Å². The second-order valence-electron chi connectivity index (χ2n) is 34.3. The number of hydrogen-bond acceptors (Lipinski definition) is 17. The molecular formula is C94H126N26O13. The minimum atomic E-state index is -1.53. The molecule has 0 spiro atoms. The number of carbonyl (C=O) groups is 13. The van der Waals surface area contributed by atoms with E-state index in [0.717, 1.165) is 10.9 Å². The van der Waals surface area contributed by atoms with Gasteiger partial charge in [0.2, 0.25) is 76.8 Å². The van der Waals surface area contributed by atoms with Crippen LogP contribution in [0.25, 0.3) is 54.5 Å². The molecule has 10 aromatic rings. The van der Waals surface area contributed by atoms with Gasteiger partial charge in [-0.1, -0.05) is 125 Å². The van der Waals surface area contributed by atoms with Gasteiger partial charge in [0.05, 0.1) is 6.04 Å². The van der Waals surface area contributed by atoms with Crippen LogP contribution in [0.1, 0.15) is 134 Å². The Kier molecular flexibility index (Phi) is 36.5. The van der Waals surface area contributed by atoms with Crippen molar-refractivity contribution in [3.63, 3.8) is 0 Å². The lowest BCUT2D eigenvalue weighted by molar-refractivity contribution is -0.136. The summed E-state index contributed by atoms with van der Waals surface area (Å²) in [5.74, 6) is -11.5. The van der Waals surface area contributed by atoms with Crippen LogP contribution in [0.15, 0.2) is 152 Å². The molecule has 13 amide bonds. The minimum absolute atomic E-state index is 0.0176. The summed E-state index contributed by atoms with van der Waals surface area (Å²) in [4.78, 5) is 207. The molecule has 0 aliphatic carbocycles. The van der Waals surface area contributed by atoms with E-state index in [-0.39, 0.29) is 114 Å². The molecule has 0 fully saturated rings. The number of nitrogens with one attached hydrogen (secondary N) is 21. The van der Waals surface area contributed by atoms with Crippen molar-refractivity contribution in [3.05, 3.63) is 180 Å². The molecule has 0 saturated carbocycles. The highest BCUT2D eigenvalue weighted by molar-refractivity contribution is 6.02. The zero-order chi connectivity index (χ0) is 96.1. The average Bonchev–Trinajstić information content (AvgIpc) is 1.70. The molecule has 0 aliphatic rings. The summed E-state index contributed by atoms with van der Waals surface area (Å²) >= 11 is 0. The van der Waals surface area contributed by atoms with Gasteiger partial charge in [-0.15, -0.1) is 0 Å². The number of nitrogens with two attached hydrogens (primary N) is 5. The summed E-state index contributed by atoms with van der Waals surface area (Å²) in [7, 11) is 0. The number of unbranched alkanes of at least 4 members (excludes halogenated alkanes) is 1. The van der Waals surface area contributed by atoms with Crippen LogP contribution >= 0.6 is 0 Å². The number of H-pyrrole nitrogens is 5. The van der Waals surface area contributed by atoms with Crippen LogP contribution in [-0.2, 0) is 94.4 Å². The van der Waals surface area contributed by atoms with E-state index in [0.29, 0.717) is 90.7 Å². The van der Waals surface area contributed by atoms with E-state index in [4.69, 9.17) is 39.5 Å². The van der Waals surface area contributed by atoms with Crippen LogP contribution in [0.3, 0.4) is 0 Å². The molecule has 5 heterocycles. The molecule has 10 rings (SSSR count). The Hall–Kier alpha value is -14.6. The molecule has 0 saturated heterocycles. The Morgan fingerprint density at radius 3 is 0.850 bits per heavy atom. The summed E-state index contributed by atoms with van der Waals surface area (Å²) in [6.45, 7) is 12.1. The van der Waals surface area contributed by atoms with Crippen molar-refractivity contribution in [1.82, 2.24) is 99.4 Å². The molecule has 710 valence electrons. The van der Waals surface area contributed by atoms with Gasteiger partial charge in [-0.25, -0.2) is 0 Å². The Labute approximate surface area is 769 Å². The maximum Gasteiger partial charge on any atom is 0.243 e. The normalized spacial score (nSPS) is 14.6. The predicted octanol–water partition coefficient (Wildman–Crippen LogP) is 2.04. The van der Waals surface area contributed by atoms with E-state index in [1.54, 1.807) is 67.4 Å². The Morgan fingerprint density at radius 1 is 0.316 bits per heavy atom. The largest absolute Gasteiger partial charge is 0.370 e. The first-order valence-corrected chi connectivity index (χ1v) is 45.0. The smallest absolute Gasteiger partial charge is 0.243 e. The number of amides is 13. The number of hydrogen-bond donors (Lipinski definition) is 26. The molecule has 39 heteroatoms. The van der Waals surface area contributed by atoms with Gasteiger partial charge < -0.3 is 128 Å². The van der Waals surface area contributed by atoms with Gasteiger partial charge in [0.1, 0.15) is 72.5 Å². The summed E-state index contributed by atoms with van der Waals surface area (Å²) in [5.41, 5.74) is 35.4. The van der Waals surface area contributed by atoms with Gasteiger partial charge >= 0.3 is 0 Å². The molecule has 5 aromatic carbocycles. The number of para-hydroxylation sites is 5. The van der Waals surface area contributed by atoms with E-state index in [1.807, 2.05) is 113 Å². The summed E-state index contributed by atoms with van der Waals surface area (Å²) < 4.78 is 0. The van der Waals surface area contributed by atoms with E-state index >= 15 is 28.8 Å². The fourth-order valence-corrected chi connectivity index (χ4v) is 15.9. The van der Waals surface area contributed by atoms with Gasteiger partial charge in [0.15, 0.2) is 11.9 Å². The number of rotatable bonds is 51. The van der Waals surface area contributed by atoms with Gasteiger partial charge in [0, 0.05) is 131 Å². The van der Waals surface area contributed by atoms with Crippen molar-refractivity contribution in [1.29, 1.82) is 10.8 Å². The third kappa shape index (κ3) is 28.4. The van der Waals surface area contributed by atoms with Gasteiger partial charge in [-0.3, -0.25) is 73.1 Å². The third-order valence-electron chi connectivity index (χ3n) is 23.7. The molecule has 14 atom stereocenters. The lowest BCUT2D eigenvalue weighted by Gasteiger charge is -2.28. The maximum absolute atomic E-state index is 15.6. The van der Waals surface area contributed by atoms with Crippen LogP contribution in [0.4, 0.5) is 0 Å². The number of aromatic amines is 5. The number of primary amides is 1. The van der Waals surface area contributed by atoms with Crippen molar-refractivity contribution < 1.29 is 62.3 Å². The second kappa shape index (κ2) is 48.3. The molecule has 1 unspecified atom stereocenters. The van der Waals surface area contributed by atoms with Crippen molar-refractivity contribution in [2.45, 2.75) is 217 Å². The van der Waals surface area contributed by atoms with E-state index < -0.39 is 155 Å². The van der Waals surface area contributed by atoms with Crippen LogP contribution in [-0.4, -0.2) is 212 Å². The quantitative estimate of drug-likeness (QED) is 0.0147. The monoisotopic (exact) mass is 1830 g/mol. The summed E-state index contributed by atoms with van der Waals surface area (Å²) in [6, 6.07) is 18.6. The minimum Gasteiger partial charge on any atom is -0.370 e. The average molecular weight is 1830 g/mol. The molecule has 5 aromatic heterocycles. The molecule has 133 heavy (non-hydrogen) atoms. The summed E-state index contributed by atoms with van der Waals surface area (Å²) in [6.07, 6.45) is 9.34. The number of fused-ring (bicyclic) bond motifs is 5. The fourth-order valence-electron chi connectivity index (χ4n) is 15.9. The van der Waals surface area contributed by atoms with Gasteiger partial charge in [-0.2, -0.15) is 0 Å². The van der Waals surface area contributed by atoms with Crippen molar-refractivity contribution in [2.75, 3.05) is 19.6 Å². The standard InChI is InChI=1S/C94H126N26O13/c1-8-51(4)79(96)92(133)120-73(39-50(2)3)86(127)109-52(5)81(122)115-76(42-57-47-106-67-30-16-11-25-62(57)67)89(130)113-71(33-19-20-36-95)85(126)118-74(40-55-45-104-65-28-14-9-23-60(55)65)87(128)110-54(7)83(124)117-78(44-59-49-108-69-32-18-13-27-64(59)69)91(132)119-75(41-56-46-105-66-29-15-10-24-61(56)66)88(129)111-53(6)82(123)116-77(43-58-48-107-68-31-17-12-26-63(58)68)90(131)114-72(35-22-38-103-94(100)101)84(125)112-70(80(97)121)34-21-37-102-93(98)99/h9-18,23-32,45-54,70-79,104-108H,8,19-22,33-44,95-96H2,1-7H3,(H2,97,121)(H,109,127)(H,110,128)(H,111,129)(H,112,125)(H,113,130)(H,114,131)(H,115,122)(H,116,123)(H,117,124)(H,118,126)(H,119,132)(H,120,133)(H4,98,99,102)(H4,100,101,103)/t51?,52-,53-,54-,70-,71-,72-,73-,74-,75-,76-,77-,78-,79-/m0/s1. The van der Waals surface area contributed by atoms with E-state index in [9.17, 15) is 33.6 Å². The zero-order valence-electron chi connectivity index (χ0n) is 75.8. The first kappa shape index (κ1) is 101. The van der Waals surface area contributed by atoms with Crippen LogP contribution in [0.5, 0.6) is 0 Å². The highest BCUT2D eigenvalue weighted by Gasteiger charge is 2.38. The summed E-state index contributed by atoms with van der Waals surface area (Å²) in [5, 5.41) is 57.4. The topological polar surface area (TPSA) is 647 Å². The molecular weight excluding hydrogens is 1700 g/mol. The Bertz CT molecular complexity index is 5770. The highest BCUT2D eigenvalue weighted by atomic mass is 16.2. The zero-order valence-corrected chi connectivity index (χ0v) is 75.8. The Balaban J connectivity index is 0.900. The lowest BCUT2D eigenvalue weighted by Crippen LogP contribution is -2.61. The van der Waals surface area contributed by atoms with E-state index in [2.05, 4.69) is 99.4 Å². The van der Waals surface area contributed by atoms with Crippen LogP contribution in [0.2, 0.25) is 0 Å². The van der Waals surface area contributed by atoms with Crippen molar-refractivity contribution in [2.24, 2.45) is 40.5 Å². The molecule has 0 aliphatic heterocycles. The first-order valence-electron chi connectivity index (χ1n) is 45.0. The van der Waals surface area contributed by atoms with Gasteiger partial charge in [-0.05, 0) is 149 Å². The SMILES string of the molecule is CCC(C)[C@H](N)C(=O)N[C@@H](CC(C)C)C(=O)N[C@@H](C)C(=O)N[C@@H](Cc1c[nH]c2ccccc12)C(=O)N[C@@H](CCCCN)C(=O)N[C@@H](Cc1c[nH]c2ccccc12)C(=O)N[C@@H](C)C(=O)N[C@@H](Cc1c[nH]c2ccccc12)C(=O)N[C@@H](Cc1c[nH]c2ccccc12)C(=O)N[C@@H](C)C(=O)N[C@@H](Cc1c[nH]c2ccccc12)C(=O)N[C@@H](CCCNC(=N)N)C(=O)N[C@@H](CCCNC(=N)N)C(N)=O. The molecule has 31 N–H and O–H groups in total. The van der Waals surface area contributed by atoms with Crippen molar-refractivity contribution in [3.8, 4) is 0 Å². The molecule has 0 radical (unpaired) electrons. The number of guanidine groups is 2. The molecule has 39 nitrogen and oxygen atoms in total. The van der Waals surface area contributed by atoms with Crippen LogP contribution < -0.4 is 103 Å². The number of aromatic nitrogens is 5. The molecule has 0 bridgehead atoms. The number of benzene rings is 5. The first-order chi connectivity index (χ1) is 63.7. The third-order valence-corrected chi connectivity index (χ3v) is 23.7. The van der Waals surface area contributed by atoms with Gasteiger partial charge in [0.25, 0.3) is 0 Å². The predicted molar refractivity (Wildman–Crippen MR) is 507 cm³/mol. The van der Waals surface area contributed by atoms with Crippen molar-refractivity contribution >= 4 is 143 Å². The maximum atomic E-state index is 15.6. The highest BCUT2D eigenvalue weighted by Crippen LogP contribution is 2.26. The van der Waals surface area contributed by atoms with Crippen LogP contribution in [0, 0.1) is 22.7 Å². The Morgan fingerprint density at radius 2 is 0.564 bits per heavy atom. The second-order valence-corrected chi connectivity index (χ2v) is 34.3. The lowest BCUT2D eigenvalue weighted by atomic mass is 9.97. The number of carbonyl (C=O) groups excluding carboxylic acids is 13. The fraction of sp³-hybridized carbons (Fsp3) is 0.415.